The van der Waals surface area contributed by atoms with Gasteiger partial charge in [0, 0.05) is 82.3 Å². The molecule has 0 saturated heterocycles. The number of primary amides is 1. The molecule has 0 aliphatic rings. The van der Waals surface area contributed by atoms with E-state index in [1.165, 1.54) is 12.1 Å². The van der Waals surface area contributed by atoms with Crippen molar-refractivity contribution >= 4 is 35.1 Å². The van der Waals surface area contributed by atoms with Gasteiger partial charge >= 0.3 is 5.97 Å². The number of carboxylic acid groups (broad SMARTS) is 1. The number of anilines is 1. The molecule has 7 N–H and O–H groups in total. The minimum Gasteiger partial charge on any atom is -0.508 e. The van der Waals surface area contributed by atoms with Crippen LogP contribution < -0.4 is 20.7 Å². The van der Waals surface area contributed by atoms with E-state index in [2.05, 4.69) is 5.32 Å². The first-order valence-corrected chi connectivity index (χ1v) is 19.2. The molecule has 59 heavy (non-hydrogen) atoms. The Bertz CT molecular complexity index is 2540. The van der Waals surface area contributed by atoms with Crippen LogP contribution in [0.1, 0.15) is 56.1 Å². The lowest BCUT2D eigenvalue weighted by molar-refractivity contribution is -0.137. The van der Waals surface area contributed by atoms with Crippen molar-refractivity contribution in [3.63, 3.8) is 0 Å². The van der Waals surface area contributed by atoms with Crippen molar-refractivity contribution in [2.45, 2.75) is 45.8 Å². The molecule has 2 aromatic heterocycles. The number of aromatic nitrogens is 2. The van der Waals surface area contributed by atoms with Crippen LogP contribution in [-0.4, -0.2) is 74.5 Å². The van der Waals surface area contributed by atoms with Crippen LogP contribution in [0.25, 0.3) is 33.9 Å². The van der Waals surface area contributed by atoms with Crippen molar-refractivity contribution in [3.05, 3.63) is 136 Å². The fourth-order valence-electron chi connectivity index (χ4n) is 7.17. The first kappa shape index (κ1) is 42.1. The number of nitrogens with zero attached hydrogens (tertiary/aromatic N) is 3. The van der Waals surface area contributed by atoms with Crippen LogP contribution >= 0.6 is 11.6 Å². The van der Waals surface area contributed by atoms with E-state index in [0.717, 1.165) is 50.8 Å². The molecule has 0 bridgehead atoms. The molecule has 4 aromatic carbocycles. The zero-order chi connectivity index (χ0) is 42.5. The molecule has 0 radical (unpaired) electrons. The quantitative estimate of drug-likeness (QED) is 0.0572. The highest BCUT2D eigenvalue weighted by Crippen LogP contribution is 2.38. The number of ether oxygens (including phenoxy) is 1. The van der Waals surface area contributed by atoms with Crippen LogP contribution in [0.4, 0.5) is 5.69 Å². The average Bonchev–Trinajstić information content (AvgIpc) is 3.80. The Hall–Kier alpha value is -6.54. The number of phenols is 1. The van der Waals surface area contributed by atoms with Gasteiger partial charge in [-0.2, -0.15) is 0 Å². The number of aliphatic hydroxyl groups excluding tert-OH is 1. The molecule has 0 aliphatic carbocycles. The second kappa shape index (κ2) is 17.9. The number of rotatable bonds is 16. The fraction of sp³-hybridized carbons (Fsp3) is 0.222. The van der Waals surface area contributed by atoms with Crippen LogP contribution in [0.2, 0.25) is 5.02 Å². The number of nitrogens with one attached hydrogen (secondary N) is 1. The molecule has 14 heteroatoms. The standard InChI is InChI=1S/C45H46ClN5O8/c1-26-21-28(44(47)57)5-15-36(26)51-32(11-20-43(55)56)9-18-39(51)35-14-12-33(52)24-41(35)59-25-48-45(58)29-6-16-37(27(2)22-29)50-31(10-19-42(53)54)8-17-38(50)34-13-7-30(46)23-40(34)49(3)4/h5-9,12-18,21-24,43,52,55-56H,10-11,19-20,25H2,1-4H3,(H2,47,57)(H,48,58)(H,53,54). The Morgan fingerprint density at radius 3 is 1.97 bits per heavy atom. The molecule has 0 fully saturated rings. The van der Waals surface area contributed by atoms with Crippen molar-refractivity contribution in [1.29, 1.82) is 0 Å². The van der Waals surface area contributed by atoms with E-state index in [0.29, 0.717) is 33.8 Å². The molecule has 6 rings (SSSR count). The molecule has 13 nitrogen and oxygen atoms in total. The Balaban J connectivity index is 1.27. The number of aromatic hydroxyl groups is 1. The molecular weight excluding hydrogens is 774 g/mol. The third-order valence-electron chi connectivity index (χ3n) is 10.0. The van der Waals surface area contributed by atoms with Crippen LogP contribution in [0.3, 0.4) is 0 Å². The zero-order valence-electron chi connectivity index (χ0n) is 33.1. The van der Waals surface area contributed by atoms with Gasteiger partial charge in [0.25, 0.3) is 5.91 Å². The lowest BCUT2D eigenvalue weighted by Gasteiger charge is -2.21. The largest absolute Gasteiger partial charge is 0.508 e. The van der Waals surface area contributed by atoms with E-state index in [9.17, 15) is 34.8 Å². The Kier molecular flexibility index (Phi) is 12.8. The molecule has 0 atom stereocenters. The summed E-state index contributed by atoms with van der Waals surface area (Å²) in [7, 11) is 3.85. The number of nitrogens with two attached hydrogens (primary N) is 1. The first-order chi connectivity index (χ1) is 28.1. The van der Waals surface area contributed by atoms with Gasteiger partial charge in [-0.1, -0.05) is 11.6 Å². The third kappa shape index (κ3) is 9.44. The number of halogens is 1. The number of carbonyl (C=O) groups is 3. The van der Waals surface area contributed by atoms with Gasteiger partial charge in [0.15, 0.2) is 13.0 Å². The highest BCUT2D eigenvalue weighted by atomic mass is 35.5. The molecule has 306 valence electrons. The number of aliphatic carboxylic acids is 1. The van der Waals surface area contributed by atoms with Crippen LogP contribution in [0.15, 0.2) is 97.1 Å². The van der Waals surface area contributed by atoms with Gasteiger partial charge < -0.3 is 50.2 Å². The lowest BCUT2D eigenvalue weighted by Crippen LogP contribution is -2.28. The number of carboxylic acids is 1. The summed E-state index contributed by atoms with van der Waals surface area (Å²) in [4.78, 5) is 39.0. The van der Waals surface area contributed by atoms with E-state index in [4.69, 9.17) is 22.1 Å². The SMILES string of the molecule is Cc1cc(C(N)=O)ccc1-n1c(CCC(O)O)ccc1-c1ccc(O)cc1OCNC(=O)c1ccc(-n2c(CCC(=O)O)ccc2-c2ccc(Cl)cc2N(C)C)c(C)c1. The van der Waals surface area contributed by atoms with E-state index in [-0.39, 0.29) is 37.5 Å². The summed E-state index contributed by atoms with van der Waals surface area (Å²) in [5, 5.41) is 42.7. The minimum absolute atomic E-state index is 0.0599. The number of phenolic OH excluding ortho intramolecular Hbond substituents is 1. The number of amides is 2. The normalized spacial score (nSPS) is 11.2. The number of carbonyl (C=O) groups excluding carboxylic acids is 2. The molecule has 0 spiro atoms. The first-order valence-electron chi connectivity index (χ1n) is 18.9. The van der Waals surface area contributed by atoms with Gasteiger partial charge in [-0.3, -0.25) is 14.4 Å². The zero-order valence-corrected chi connectivity index (χ0v) is 33.8. The fourth-order valence-corrected chi connectivity index (χ4v) is 7.34. The Morgan fingerprint density at radius 1 is 0.780 bits per heavy atom. The highest BCUT2D eigenvalue weighted by Gasteiger charge is 2.21. The van der Waals surface area contributed by atoms with Crippen molar-refractivity contribution in [2.75, 3.05) is 25.7 Å². The second-order valence-electron chi connectivity index (χ2n) is 14.4. The van der Waals surface area contributed by atoms with E-state index < -0.39 is 24.1 Å². The van der Waals surface area contributed by atoms with Gasteiger partial charge in [0.1, 0.15) is 11.5 Å². The number of aryl methyl sites for hydroxylation is 4. The summed E-state index contributed by atoms with van der Waals surface area (Å²) < 4.78 is 10.0. The maximum Gasteiger partial charge on any atom is 0.303 e. The average molecular weight is 820 g/mol. The predicted molar refractivity (Wildman–Crippen MR) is 227 cm³/mol. The van der Waals surface area contributed by atoms with E-state index in [1.807, 2.05) is 90.5 Å². The summed E-state index contributed by atoms with van der Waals surface area (Å²) >= 11 is 6.36. The second-order valence-corrected chi connectivity index (χ2v) is 14.8. The summed E-state index contributed by atoms with van der Waals surface area (Å²) in [6.07, 6.45) is -0.907. The summed E-state index contributed by atoms with van der Waals surface area (Å²) in [6.45, 7) is 3.47. The monoisotopic (exact) mass is 819 g/mol. The summed E-state index contributed by atoms with van der Waals surface area (Å²) in [5.41, 5.74) is 14.6. The minimum atomic E-state index is -1.52. The number of hydrogen-bond donors (Lipinski definition) is 6. The van der Waals surface area contributed by atoms with Crippen molar-refractivity contribution in [1.82, 2.24) is 14.5 Å². The summed E-state index contributed by atoms with van der Waals surface area (Å²) in [6, 6.07) is 28.2. The molecule has 0 unspecified atom stereocenters. The van der Waals surface area contributed by atoms with Crippen molar-refractivity contribution in [2.24, 2.45) is 5.73 Å². The van der Waals surface area contributed by atoms with Crippen molar-refractivity contribution in [3.8, 4) is 45.4 Å². The lowest BCUT2D eigenvalue weighted by atomic mass is 10.1. The van der Waals surface area contributed by atoms with Crippen LogP contribution in [0, 0.1) is 13.8 Å². The van der Waals surface area contributed by atoms with Gasteiger partial charge in [0.05, 0.1) is 17.8 Å². The van der Waals surface area contributed by atoms with E-state index in [1.54, 1.807) is 36.4 Å². The van der Waals surface area contributed by atoms with Crippen LogP contribution in [-0.2, 0) is 17.6 Å². The molecule has 0 aliphatic heterocycles. The maximum atomic E-state index is 13.6. The predicted octanol–water partition coefficient (Wildman–Crippen LogP) is 6.77. The highest BCUT2D eigenvalue weighted by molar-refractivity contribution is 6.31. The van der Waals surface area contributed by atoms with E-state index >= 15 is 0 Å². The van der Waals surface area contributed by atoms with Gasteiger partial charge in [-0.05, 0) is 129 Å². The topological polar surface area (TPSA) is 193 Å². The van der Waals surface area contributed by atoms with Gasteiger partial charge in [0.2, 0.25) is 5.91 Å². The summed E-state index contributed by atoms with van der Waals surface area (Å²) in [5.74, 6) is -1.68. The third-order valence-corrected chi connectivity index (χ3v) is 10.3. The number of hydrogen-bond acceptors (Lipinski definition) is 8. The number of aliphatic hydroxyl groups is 2. The smallest absolute Gasteiger partial charge is 0.303 e. The van der Waals surface area contributed by atoms with Crippen LogP contribution in [0.5, 0.6) is 11.5 Å². The Labute approximate surface area is 346 Å². The van der Waals surface area contributed by atoms with Crippen molar-refractivity contribution < 1.29 is 39.5 Å². The molecule has 6 aromatic rings. The molecule has 2 heterocycles. The Morgan fingerprint density at radius 2 is 1.37 bits per heavy atom. The maximum absolute atomic E-state index is 13.6. The number of benzene rings is 4. The molecule has 0 saturated carbocycles. The van der Waals surface area contributed by atoms with Gasteiger partial charge in [-0.15, -0.1) is 0 Å². The molecule has 2 amide bonds. The van der Waals surface area contributed by atoms with Gasteiger partial charge in [-0.25, -0.2) is 0 Å². The molecular formula is C45H46ClN5O8.